The first-order valence-corrected chi connectivity index (χ1v) is 8.91. The average Bonchev–Trinajstić information content (AvgIpc) is 3.28. The van der Waals surface area contributed by atoms with E-state index in [9.17, 15) is 0 Å². The molecule has 0 amide bonds. The molecule has 1 saturated heterocycles. The second-order valence-corrected chi connectivity index (χ2v) is 6.71. The molecule has 0 radical (unpaired) electrons. The molecule has 1 fully saturated rings. The number of nitrogens with zero attached hydrogens (tertiary/aromatic N) is 5. The van der Waals surface area contributed by atoms with E-state index in [1.54, 1.807) is 24.0 Å². The Balaban J connectivity index is 1.37. The molecule has 0 spiro atoms. The quantitative estimate of drug-likeness (QED) is 0.713. The fourth-order valence-corrected chi connectivity index (χ4v) is 3.71. The summed E-state index contributed by atoms with van der Waals surface area (Å²) in [4.78, 5) is 11.2. The third-order valence-corrected chi connectivity index (χ3v) is 4.98. The molecule has 7 heteroatoms. The molecule has 1 aromatic carbocycles. The molecule has 2 aromatic heterocycles. The molecule has 1 aliphatic heterocycles. The molecule has 1 atom stereocenters. The maximum atomic E-state index is 5.85. The van der Waals surface area contributed by atoms with Crippen molar-refractivity contribution in [2.75, 3.05) is 19.7 Å². The number of morpholine rings is 1. The van der Waals surface area contributed by atoms with Gasteiger partial charge in [-0.2, -0.15) is 5.10 Å². The van der Waals surface area contributed by atoms with Crippen molar-refractivity contribution >= 4 is 11.3 Å². The van der Waals surface area contributed by atoms with Crippen LogP contribution in [-0.2, 0) is 17.8 Å². The first-order chi connectivity index (χ1) is 11.9. The Morgan fingerprint density at radius 1 is 1.25 bits per heavy atom. The Kier molecular flexibility index (Phi) is 4.64. The standard InChI is InChI=1S/C17H19N5OS/c1-2-4-14(5-3-1)17-20-15(11-24-17)8-21-6-7-23-16(9-21)10-22-13-18-12-19-22/h1-5,11-13,16H,6-10H2/t16-/m0/s1. The van der Waals surface area contributed by atoms with Crippen molar-refractivity contribution in [3.05, 3.63) is 54.1 Å². The first-order valence-electron chi connectivity index (χ1n) is 8.03. The fraction of sp³-hybridized carbons (Fsp3) is 0.353. The van der Waals surface area contributed by atoms with Crippen molar-refractivity contribution in [3.63, 3.8) is 0 Å². The van der Waals surface area contributed by atoms with Crippen LogP contribution in [0.5, 0.6) is 0 Å². The normalized spacial score (nSPS) is 18.8. The maximum Gasteiger partial charge on any atom is 0.137 e. The van der Waals surface area contributed by atoms with Crippen LogP contribution in [0.3, 0.4) is 0 Å². The molecule has 0 saturated carbocycles. The monoisotopic (exact) mass is 341 g/mol. The number of thiazole rings is 1. The lowest BCUT2D eigenvalue weighted by Gasteiger charge is -2.32. The van der Waals surface area contributed by atoms with E-state index in [2.05, 4.69) is 32.5 Å². The fourth-order valence-electron chi connectivity index (χ4n) is 2.89. The number of benzene rings is 1. The minimum atomic E-state index is 0.146. The lowest BCUT2D eigenvalue weighted by atomic mass is 10.2. The van der Waals surface area contributed by atoms with Gasteiger partial charge in [0.05, 0.1) is 24.9 Å². The van der Waals surface area contributed by atoms with Crippen LogP contribution in [-0.4, -0.2) is 50.4 Å². The summed E-state index contributed by atoms with van der Waals surface area (Å²) in [6, 6.07) is 10.3. The van der Waals surface area contributed by atoms with E-state index in [1.165, 1.54) is 5.56 Å². The van der Waals surface area contributed by atoms with E-state index < -0.39 is 0 Å². The van der Waals surface area contributed by atoms with Gasteiger partial charge in [0.15, 0.2) is 0 Å². The molecule has 124 valence electrons. The summed E-state index contributed by atoms with van der Waals surface area (Å²) in [6.07, 6.45) is 3.43. The van der Waals surface area contributed by atoms with Crippen LogP contribution >= 0.6 is 11.3 Å². The zero-order valence-electron chi connectivity index (χ0n) is 13.3. The Morgan fingerprint density at radius 2 is 2.17 bits per heavy atom. The second-order valence-electron chi connectivity index (χ2n) is 5.86. The summed E-state index contributed by atoms with van der Waals surface area (Å²) in [5.41, 5.74) is 2.31. The van der Waals surface area contributed by atoms with E-state index in [0.29, 0.717) is 0 Å². The van der Waals surface area contributed by atoms with Gasteiger partial charge in [-0.1, -0.05) is 30.3 Å². The molecule has 0 bridgehead atoms. The minimum Gasteiger partial charge on any atom is -0.374 e. The van der Waals surface area contributed by atoms with Crippen molar-refractivity contribution in [2.45, 2.75) is 19.2 Å². The molecule has 3 heterocycles. The Bertz CT molecular complexity index is 758. The van der Waals surface area contributed by atoms with Gasteiger partial charge in [0, 0.05) is 30.6 Å². The SMILES string of the molecule is c1ccc(-c2nc(CN3CCO[C@H](Cn4cncn4)C3)cs2)cc1. The van der Waals surface area contributed by atoms with Crippen molar-refractivity contribution in [1.82, 2.24) is 24.6 Å². The van der Waals surface area contributed by atoms with Crippen LogP contribution in [0.25, 0.3) is 10.6 Å². The molecular weight excluding hydrogens is 322 g/mol. The summed E-state index contributed by atoms with van der Waals surface area (Å²) >= 11 is 1.70. The van der Waals surface area contributed by atoms with E-state index in [1.807, 2.05) is 22.9 Å². The van der Waals surface area contributed by atoms with Gasteiger partial charge in [-0.25, -0.2) is 9.97 Å². The molecule has 4 rings (SSSR count). The van der Waals surface area contributed by atoms with E-state index in [0.717, 1.165) is 43.5 Å². The van der Waals surface area contributed by atoms with E-state index >= 15 is 0 Å². The third-order valence-electron chi connectivity index (χ3n) is 4.04. The van der Waals surface area contributed by atoms with Crippen molar-refractivity contribution in [3.8, 4) is 10.6 Å². The van der Waals surface area contributed by atoms with Gasteiger partial charge in [-0.15, -0.1) is 11.3 Å². The Hall–Kier alpha value is -2.09. The van der Waals surface area contributed by atoms with E-state index in [-0.39, 0.29) is 6.10 Å². The topological polar surface area (TPSA) is 56.1 Å². The summed E-state index contributed by atoms with van der Waals surface area (Å²) in [6.45, 7) is 4.17. The number of rotatable bonds is 5. The molecule has 6 nitrogen and oxygen atoms in total. The van der Waals surface area contributed by atoms with Crippen molar-refractivity contribution in [2.24, 2.45) is 0 Å². The zero-order chi connectivity index (χ0) is 16.2. The molecule has 0 aliphatic carbocycles. The summed E-state index contributed by atoms with van der Waals surface area (Å²) < 4.78 is 7.67. The van der Waals surface area contributed by atoms with Crippen LogP contribution in [0.2, 0.25) is 0 Å². The highest BCUT2D eigenvalue weighted by atomic mass is 32.1. The molecule has 0 unspecified atom stereocenters. The molecule has 24 heavy (non-hydrogen) atoms. The number of hydrogen-bond acceptors (Lipinski definition) is 6. The number of ether oxygens (including phenoxy) is 1. The number of aromatic nitrogens is 4. The molecule has 0 N–H and O–H groups in total. The summed E-state index contributed by atoms with van der Waals surface area (Å²) in [5, 5.41) is 7.39. The highest BCUT2D eigenvalue weighted by Gasteiger charge is 2.22. The largest absolute Gasteiger partial charge is 0.374 e. The smallest absolute Gasteiger partial charge is 0.137 e. The van der Waals surface area contributed by atoms with Crippen LogP contribution in [0, 0.1) is 0 Å². The predicted octanol–water partition coefficient (Wildman–Crippen LogP) is 2.30. The Morgan fingerprint density at radius 3 is 3.00 bits per heavy atom. The predicted molar refractivity (Wildman–Crippen MR) is 92.6 cm³/mol. The van der Waals surface area contributed by atoms with Crippen LogP contribution in [0.15, 0.2) is 48.4 Å². The van der Waals surface area contributed by atoms with Crippen LogP contribution < -0.4 is 0 Å². The van der Waals surface area contributed by atoms with Crippen LogP contribution in [0.1, 0.15) is 5.69 Å². The van der Waals surface area contributed by atoms with Gasteiger partial charge in [0.1, 0.15) is 17.7 Å². The first kappa shape index (κ1) is 15.4. The molecule has 1 aliphatic rings. The van der Waals surface area contributed by atoms with Gasteiger partial charge in [0.2, 0.25) is 0 Å². The lowest BCUT2D eigenvalue weighted by molar-refractivity contribution is -0.0405. The van der Waals surface area contributed by atoms with Crippen molar-refractivity contribution < 1.29 is 4.74 Å². The molecular formula is C17H19N5OS. The highest BCUT2D eigenvalue weighted by Crippen LogP contribution is 2.24. The second kappa shape index (κ2) is 7.21. The van der Waals surface area contributed by atoms with Gasteiger partial charge in [0.25, 0.3) is 0 Å². The maximum absolute atomic E-state index is 5.85. The average molecular weight is 341 g/mol. The third kappa shape index (κ3) is 3.69. The van der Waals surface area contributed by atoms with E-state index in [4.69, 9.17) is 9.72 Å². The summed E-state index contributed by atoms with van der Waals surface area (Å²) in [5.74, 6) is 0. The molecule has 3 aromatic rings. The summed E-state index contributed by atoms with van der Waals surface area (Å²) in [7, 11) is 0. The highest BCUT2D eigenvalue weighted by molar-refractivity contribution is 7.13. The number of hydrogen-bond donors (Lipinski definition) is 0. The minimum absolute atomic E-state index is 0.146. The van der Waals surface area contributed by atoms with Gasteiger partial charge in [-0.3, -0.25) is 9.58 Å². The van der Waals surface area contributed by atoms with Crippen molar-refractivity contribution in [1.29, 1.82) is 0 Å². The van der Waals surface area contributed by atoms with Crippen LogP contribution in [0.4, 0.5) is 0 Å². The Labute approximate surface area is 144 Å². The zero-order valence-corrected chi connectivity index (χ0v) is 14.1. The lowest BCUT2D eigenvalue weighted by Crippen LogP contribution is -2.43. The van der Waals surface area contributed by atoms with Gasteiger partial charge in [-0.05, 0) is 0 Å². The van der Waals surface area contributed by atoms with Gasteiger partial charge >= 0.3 is 0 Å². The van der Waals surface area contributed by atoms with Gasteiger partial charge < -0.3 is 4.74 Å².